The second-order valence-corrected chi connectivity index (χ2v) is 10.1. The van der Waals surface area contributed by atoms with Crippen molar-refractivity contribution in [3.8, 4) is 17.2 Å². The van der Waals surface area contributed by atoms with E-state index in [1.165, 1.54) is 23.6 Å². The molecule has 6 nitrogen and oxygen atoms in total. The Morgan fingerprint density at radius 1 is 1.27 bits per heavy atom. The first-order valence-corrected chi connectivity index (χ1v) is 12.4. The maximum atomic E-state index is 13.9. The van der Waals surface area contributed by atoms with Crippen LogP contribution in [0, 0.1) is 11.3 Å². The summed E-state index contributed by atoms with van der Waals surface area (Å²) in [6.07, 6.45) is -0.274. The van der Waals surface area contributed by atoms with Crippen molar-refractivity contribution in [2.75, 3.05) is 33.9 Å². The highest BCUT2D eigenvalue weighted by atomic mass is 32.1. The molecule has 2 aromatic heterocycles. The Balaban J connectivity index is 1.81. The Bertz CT molecular complexity index is 1350. The number of likely N-dealkylation sites (N-methyl/N-ethyl adjacent to an activating group) is 1. The lowest BCUT2D eigenvalue weighted by molar-refractivity contribution is -0.141. The van der Waals surface area contributed by atoms with E-state index in [1.807, 2.05) is 19.0 Å². The molecular formula is C26H25F4N5OS. The van der Waals surface area contributed by atoms with Crippen molar-refractivity contribution in [1.29, 1.82) is 5.26 Å². The average molecular weight is 532 g/mol. The molecule has 0 aliphatic carbocycles. The molecule has 0 radical (unpaired) electrons. The molecule has 0 spiro atoms. The highest BCUT2D eigenvalue weighted by Crippen LogP contribution is 2.44. The van der Waals surface area contributed by atoms with Gasteiger partial charge in [0.15, 0.2) is 5.69 Å². The summed E-state index contributed by atoms with van der Waals surface area (Å²) in [5.74, 6) is -0.677. The van der Waals surface area contributed by atoms with Gasteiger partial charge in [-0.05, 0) is 36.9 Å². The van der Waals surface area contributed by atoms with Gasteiger partial charge in [-0.3, -0.25) is 9.48 Å². The number of fused-ring (bicyclic) bond motifs is 1. The Hall–Kier alpha value is -3.49. The number of carbonyl (C=O) groups excluding carboxylic acids is 1. The minimum absolute atomic E-state index is 0.150. The van der Waals surface area contributed by atoms with Crippen LogP contribution in [0.3, 0.4) is 0 Å². The van der Waals surface area contributed by atoms with Crippen molar-refractivity contribution >= 4 is 17.2 Å². The van der Waals surface area contributed by atoms with Gasteiger partial charge in [0.05, 0.1) is 13.1 Å². The molecule has 0 saturated carbocycles. The van der Waals surface area contributed by atoms with E-state index in [4.69, 9.17) is 0 Å². The van der Waals surface area contributed by atoms with Crippen LogP contribution < -0.4 is 0 Å². The van der Waals surface area contributed by atoms with Crippen LogP contribution in [-0.4, -0.2) is 59.3 Å². The quantitative estimate of drug-likeness (QED) is 0.316. The summed E-state index contributed by atoms with van der Waals surface area (Å²) in [4.78, 5) is 17.9. The van der Waals surface area contributed by atoms with E-state index in [9.17, 15) is 27.6 Å². The van der Waals surface area contributed by atoms with Crippen molar-refractivity contribution in [3.05, 3.63) is 75.3 Å². The number of nitriles is 1. The summed E-state index contributed by atoms with van der Waals surface area (Å²) in [7, 11) is 3.77. The molecule has 37 heavy (non-hydrogen) atoms. The Labute approximate surface area is 216 Å². The number of aryl methyl sites for hydroxylation is 1. The van der Waals surface area contributed by atoms with Gasteiger partial charge in [0, 0.05) is 41.7 Å². The molecule has 1 atom stereocenters. The Morgan fingerprint density at radius 3 is 2.70 bits per heavy atom. The smallest absolute Gasteiger partial charge is 0.333 e. The fourth-order valence-corrected chi connectivity index (χ4v) is 5.49. The van der Waals surface area contributed by atoms with Crippen LogP contribution in [0.2, 0.25) is 0 Å². The normalized spacial score (nSPS) is 15.8. The zero-order chi connectivity index (χ0) is 26.7. The number of hydrogen-bond donors (Lipinski definition) is 0. The summed E-state index contributed by atoms with van der Waals surface area (Å²) in [5.41, 5.74) is 0.458. The van der Waals surface area contributed by atoms with E-state index < -0.39 is 24.5 Å². The second kappa shape index (κ2) is 10.9. The number of carbonyl (C=O) groups is 1. The molecule has 1 unspecified atom stereocenters. The zero-order valence-corrected chi connectivity index (χ0v) is 21.1. The van der Waals surface area contributed by atoms with Gasteiger partial charge >= 0.3 is 6.18 Å². The molecular weight excluding hydrogens is 506 g/mol. The third-order valence-electron chi connectivity index (χ3n) is 6.08. The maximum absolute atomic E-state index is 13.9. The van der Waals surface area contributed by atoms with Gasteiger partial charge < -0.3 is 9.80 Å². The van der Waals surface area contributed by atoms with Gasteiger partial charge in [-0.2, -0.15) is 23.5 Å². The second-order valence-electron chi connectivity index (χ2n) is 8.97. The lowest BCUT2D eigenvalue weighted by atomic mass is 9.83. The standard InChI is InChI=1S/C26H25F4N5OS/c1-33(2)10-5-8-24(36)34-14-21(20-12-17(13-31)37-23(20)16-34)18-6-3-4-7-19(18)22-15-35(11-9-27)32-25(22)26(28,29)30/h3-8,12,15,21H,9-11,14,16H2,1-2H3/b8-5+. The number of halogens is 4. The minimum Gasteiger partial charge on any atom is -0.333 e. The number of aromatic nitrogens is 2. The molecule has 1 aromatic carbocycles. The van der Waals surface area contributed by atoms with Crippen LogP contribution in [-0.2, 0) is 24.1 Å². The topological polar surface area (TPSA) is 65.2 Å². The van der Waals surface area contributed by atoms with Crippen LogP contribution in [0.4, 0.5) is 17.6 Å². The fourth-order valence-electron chi connectivity index (χ4n) is 4.45. The van der Waals surface area contributed by atoms with E-state index in [-0.39, 0.29) is 24.6 Å². The summed E-state index contributed by atoms with van der Waals surface area (Å²) in [6, 6.07) is 10.6. The average Bonchev–Trinajstić information content (AvgIpc) is 3.47. The molecule has 1 aliphatic rings. The first-order chi connectivity index (χ1) is 17.6. The lowest BCUT2D eigenvalue weighted by Gasteiger charge is -2.33. The summed E-state index contributed by atoms with van der Waals surface area (Å²) >= 11 is 1.28. The molecule has 0 saturated heterocycles. The van der Waals surface area contributed by atoms with Gasteiger partial charge in [0.2, 0.25) is 5.91 Å². The molecule has 0 fully saturated rings. The van der Waals surface area contributed by atoms with Crippen LogP contribution in [0.15, 0.2) is 48.7 Å². The van der Waals surface area contributed by atoms with Gasteiger partial charge in [0.25, 0.3) is 0 Å². The molecule has 11 heteroatoms. The van der Waals surface area contributed by atoms with Crippen molar-refractivity contribution in [3.63, 3.8) is 0 Å². The summed E-state index contributed by atoms with van der Waals surface area (Å²) < 4.78 is 55.7. The van der Waals surface area contributed by atoms with E-state index in [0.29, 0.717) is 29.1 Å². The van der Waals surface area contributed by atoms with Gasteiger partial charge in [-0.1, -0.05) is 30.3 Å². The third-order valence-corrected chi connectivity index (χ3v) is 7.12. The molecule has 1 amide bonds. The first-order valence-electron chi connectivity index (χ1n) is 11.5. The van der Waals surface area contributed by atoms with Gasteiger partial charge in [-0.15, -0.1) is 11.3 Å². The molecule has 0 N–H and O–H groups in total. The van der Waals surface area contributed by atoms with Crippen molar-refractivity contribution in [2.24, 2.45) is 0 Å². The fraction of sp³-hybridized carbons (Fsp3) is 0.346. The van der Waals surface area contributed by atoms with E-state index in [2.05, 4.69) is 11.2 Å². The zero-order valence-electron chi connectivity index (χ0n) is 20.3. The number of benzene rings is 1. The minimum atomic E-state index is -4.74. The summed E-state index contributed by atoms with van der Waals surface area (Å²) in [6.45, 7) is -0.0189. The predicted molar refractivity (Wildman–Crippen MR) is 133 cm³/mol. The van der Waals surface area contributed by atoms with Crippen LogP contribution in [0.25, 0.3) is 11.1 Å². The van der Waals surface area contributed by atoms with Crippen molar-refractivity contribution < 1.29 is 22.4 Å². The molecule has 3 heterocycles. The van der Waals surface area contributed by atoms with Crippen LogP contribution in [0.1, 0.15) is 32.5 Å². The number of nitrogens with zero attached hydrogens (tertiary/aromatic N) is 5. The Morgan fingerprint density at radius 2 is 2.03 bits per heavy atom. The van der Waals surface area contributed by atoms with Crippen LogP contribution >= 0.6 is 11.3 Å². The molecule has 194 valence electrons. The van der Waals surface area contributed by atoms with Crippen molar-refractivity contribution in [1.82, 2.24) is 19.6 Å². The first kappa shape index (κ1) is 26.6. The number of hydrogen-bond acceptors (Lipinski definition) is 5. The van der Waals surface area contributed by atoms with E-state index >= 15 is 0 Å². The van der Waals surface area contributed by atoms with Gasteiger partial charge in [0.1, 0.15) is 17.6 Å². The van der Waals surface area contributed by atoms with Crippen LogP contribution in [0.5, 0.6) is 0 Å². The SMILES string of the molecule is CN(C)C/C=C/C(=O)N1Cc2sc(C#N)cc2C(c2ccccc2-c2cn(CCF)nc2C(F)(F)F)C1. The number of amides is 1. The molecule has 1 aliphatic heterocycles. The number of alkyl halides is 4. The molecule has 3 aromatic rings. The Kier molecular flexibility index (Phi) is 7.80. The highest BCUT2D eigenvalue weighted by Gasteiger charge is 2.39. The third kappa shape index (κ3) is 5.76. The highest BCUT2D eigenvalue weighted by molar-refractivity contribution is 7.12. The monoisotopic (exact) mass is 531 g/mol. The van der Waals surface area contributed by atoms with E-state index in [1.54, 1.807) is 41.3 Å². The van der Waals surface area contributed by atoms with Crippen molar-refractivity contribution in [2.45, 2.75) is 25.2 Å². The van der Waals surface area contributed by atoms with E-state index in [0.717, 1.165) is 15.1 Å². The number of thiophene rings is 1. The summed E-state index contributed by atoms with van der Waals surface area (Å²) in [5, 5.41) is 13.1. The predicted octanol–water partition coefficient (Wildman–Crippen LogP) is 5.06. The van der Waals surface area contributed by atoms with Gasteiger partial charge in [-0.25, -0.2) is 4.39 Å². The number of rotatable bonds is 7. The molecule has 0 bridgehead atoms. The lowest BCUT2D eigenvalue weighted by Crippen LogP contribution is -2.37. The molecule has 4 rings (SSSR count). The largest absolute Gasteiger partial charge is 0.435 e. The maximum Gasteiger partial charge on any atom is 0.435 e.